The maximum absolute atomic E-state index is 13.7. The van der Waals surface area contributed by atoms with Crippen LogP contribution in [0.5, 0.6) is 0 Å². The van der Waals surface area contributed by atoms with Crippen LogP contribution in [0.25, 0.3) is 0 Å². The molecule has 0 saturated carbocycles. The Morgan fingerprint density at radius 1 is 1.47 bits per heavy atom. The standard InChI is InChI=1S/C11H13FN4S/c1-7(13)10-8(12)4-3-5-9(10)17-11-15-14-6-16(11)2/h3-7H,13H2,1-2H3/t7-/m1/s1. The van der Waals surface area contributed by atoms with Gasteiger partial charge < -0.3 is 10.3 Å². The van der Waals surface area contributed by atoms with Gasteiger partial charge in [-0.3, -0.25) is 0 Å². The van der Waals surface area contributed by atoms with E-state index in [9.17, 15) is 4.39 Å². The van der Waals surface area contributed by atoms with Gasteiger partial charge in [-0.25, -0.2) is 4.39 Å². The minimum absolute atomic E-state index is 0.285. The van der Waals surface area contributed by atoms with Crippen molar-refractivity contribution in [3.05, 3.63) is 35.9 Å². The molecule has 17 heavy (non-hydrogen) atoms. The Labute approximate surface area is 103 Å². The van der Waals surface area contributed by atoms with E-state index in [2.05, 4.69) is 10.2 Å². The number of hydrogen-bond donors (Lipinski definition) is 1. The highest BCUT2D eigenvalue weighted by atomic mass is 32.2. The summed E-state index contributed by atoms with van der Waals surface area (Å²) in [4.78, 5) is 0.774. The first-order valence-corrected chi connectivity index (χ1v) is 5.97. The van der Waals surface area contributed by atoms with Crippen molar-refractivity contribution in [2.75, 3.05) is 0 Å². The van der Waals surface area contributed by atoms with Crippen molar-refractivity contribution in [1.29, 1.82) is 0 Å². The van der Waals surface area contributed by atoms with Gasteiger partial charge >= 0.3 is 0 Å². The van der Waals surface area contributed by atoms with Gasteiger partial charge in [-0.15, -0.1) is 10.2 Å². The fraction of sp³-hybridized carbons (Fsp3) is 0.273. The van der Waals surface area contributed by atoms with E-state index in [0.29, 0.717) is 10.7 Å². The molecule has 2 rings (SSSR count). The molecule has 0 saturated heterocycles. The van der Waals surface area contributed by atoms with Crippen molar-refractivity contribution in [2.24, 2.45) is 12.8 Å². The molecular formula is C11H13FN4S. The highest BCUT2D eigenvalue weighted by molar-refractivity contribution is 7.99. The second kappa shape index (κ2) is 4.85. The molecule has 0 radical (unpaired) electrons. The van der Waals surface area contributed by atoms with Crippen molar-refractivity contribution in [1.82, 2.24) is 14.8 Å². The minimum Gasteiger partial charge on any atom is -0.324 e. The first-order chi connectivity index (χ1) is 8.09. The average Bonchev–Trinajstić information content (AvgIpc) is 2.64. The van der Waals surface area contributed by atoms with Crippen LogP contribution >= 0.6 is 11.8 Å². The van der Waals surface area contributed by atoms with Crippen LogP contribution < -0.4 is 5.73 Å². The summed E-state index contributed by atoms with van der Waals surface area (Å²) in [5, 5.41) is 8.44. The summed E-state index contributed by atoms with van der Waals surface area (Å²) in [5.41, 5.74) is 6.30. The first-order valence-electron chi connectivity index (χ1n) is 5.15. The summed E-state index contributed by atoms with van der Waals surface area (Å²) < 4.78 is 15.5. The topological polar surface area (TPSA) is 56.7 Å². The summed E-state index contributed by atoms with van der Waals surface area (Å²) in [7, 11) is 1.84. The molecule has 2 N–H and O–H groups in total. The molecule has 0 fully saturated rings. The van der Waals surface area contributed by atoms with Gasteiger partial charge in [0.05, 0.1) is 0 Å². The van der Waals surface area contributed by atoms with E-state index in [0.717, 1.165) is 4.90 Å². The fourth-order valence-corrected chi connectivity index (χ4v) is 2.53. The summed E-state index contributed by atoms with van der Waals surface area (Å²) in [6, 6.07) is 4.56. The predicted octanol–water partition coefficient (Wildman–Crippen LogP) is 2.13. The third kappa shape index (κ3) is 2.48. The van der Waals surface area contributed by atoms with Gasteiger partial charge in [-0.05, 0) is 30.8 Å². The summed E-state index contributed by atoms with van der Waals surface area (Å²) in [6.45, 7) is 1.76. The third-order valence-corrected chi connectivity index (χ3v) is 3.47. The van der Waals surface area contributed by atoms with E-state index in [-0.39, 0.29) is 11.9 Å². The van der Waals surface area contributed by atoms with Gasteiger partial charge in [0.2, 0.25) is 0 Å². The Morgan fingerprint density at radius 3 is 2.82 bits per heavy atom. The number of aromatic nitrogens is 3. The van der Waals surface area contributed by atoms with Crippen LogP contribution in [0.4, 0.5) is 4.39 Å². The number of hydrogen-bond acceptors (Lipinski definition) is 4. The van der Waals surface area contributed by atoms with Crippen LogP contribution in [-0.2, 0) is 7.05 Å². The number of aryl methyl sites for hydroxylation is 1. The molecule has 6 heteroatoms. The second-order valence-electron chi connectivity index (χ2n) is 3.77. The SMILES string of the molecule is C[C@@H](N)c1c(F)cccc1Sc1nncn1C. The van der Waals surface area contributed by atoms with Crippen LogP contribution in [0.2, 0.25) is 0 Å². The zero-order valence-corrected chi connectivity index (χ0v) is 10.4. The van der Waals surface area contributed by atoms with Crippen molar-refractivity contribution in [3.8, 4) is 0 Å². The predicted molar refractivity (Wildman–Crippen MR) is 64.1 cm³/mol. The number of nitrogens with zero attached hydrogens (tertiary/aromatic N) is 3. The van der Waals surface area contributed by atoms with Gasteiger partial charge in [0.1, 0.15) is 12.1 Å². The number of nitrogens with two attached hydrogens (primary N) is 1. The molecule has 0 bridgehead atoms. The zero-order chi connectivity index (χ0) is 12.4. The highest BCUT2D eigenvalue weighted by Gasteiger charge is 2.15. The third-order valence-electron chi connectivity index (χ3n) is 2.34. The Hall–Kier alpha value is -1.40. The summed E-state index contributed by atoms with van der Waals surface area (Å²) in [6.07, 6.45) is 1.60. The lowest BCUT2D eigenvalue weighted by Gasteiger charge is -2.12. The van der Waals surface area contributed by atoms with Crippen molar-refractivity contribution >= 4 is 11.8 Å². The van der Waals surface area contributed by atoms with Crippen LogP contribution in [-0.4, -0.2) is 14.8 Å². The minimum atomic E-state index is -0.355. The van der Waals surface area contributed by atoms with E-state index in [4.69, 9.17) is 5.73 Å². The quantitative estimate of drug-likeness (QED) is 0.909. The normalized spacial score (nSPS) is 12.7. The van der Waals surface area contributed by atoms with Crippen molar-refractivity contribution in [2.45, 2.75) is 23.0 Å². The fourth-order valence-electron chi connectivity index (χ4n) is 1.51. The van der Waals surface area contributed by atoms with E-state index in [1.165, 1.54) is 17.8 Å². The molecule has 2 aromatic rings. The Balaban J connectivity index is 2.39. The number of benzene rings is 1. The molecule has 0 aliphatic heterocycles. The Morgan fingerprint density at radius 2 is 2.24 bits per heavy atom. The smallest absolute Gasteiger partial charge is 0.195 e. The molecule has 0 aliphatic carbocycles. The van der Waals surface area contributed by atoms with Crippen molar-refractivity contribution in [3.63, 3.8) is 0 Å². The zero-order valence-electron chi connectivity index (χ0n) is 9.59. The van der Waals surface area contributed by atoms with Crippen LogP contribution in [0, 0.1) is 5.82 Å². The monoisotopic (exact) mass is 252 g/mol. The van der Waals surface area contributed by atoms with Gasteiger partial charge in [0, 0.05) is 23.5 Å². The molecular weight excluding hydrogens is 239 g/mol. The Kier molecular flexibility index (Phi) is 3.44. The largest absolute Gasteiger partial charge is 0.324 e. The van der Waals surface area contributed by atoms with Gasteiger partial charge in [-0.1, -0.05) is 6.07 Å². The average molecular weight is 252 g/mol. The highest BCUT2D eigenvalue weighted by Crippen LogP contribution is 2.32. The lowest BCUT2D eigenvalue weighted by atomic mass is 10.1. The molecule has 4 nitrogen and oxygen atoms in total. The van der Waals surface area contributed by atoms with Crippen LogP contribution in [0.15, 0.2) is 34.6 Å². The molecule has 90 valence electrons. The lowest BCUT2D eigenvalue weighted by Crippen LogP contribution is -2.09. The second-order valence-corrected chi connectivity index (χ2v) is 4.78. The van der Waals surface area contributed by atoms with Gasteiger partial charge in [0.25, 0.3) is 0 Å². The molecule has 0 unspecified atom stereocenters. The van der Waals surface area contributed by atoms with Crippen LogP contribution in [0.1, 0.15) is 18.5 Å². The molecule has 1 heterocycles. The van der Waals surface area contributed by atoms with Gasteiger partial charge in [-0.2, -0.15) is 0 Å². The molecule has 1 aromatic heterocycles. The number of halogens is 1. The molecule has 0 aliphatic rings. The van der Waals surface area contributed by atoms with E-state index >= 15 is 0 Å². The maximum Gasteiger partial charge on any atom is 0.195 e. The van der Waals surface area contributed by atoms with E-state index in [1.54, 1.807) is 23.9 Å². The molecule has 1 aromatic carbocycles. The first kappa shape index (κ1) is 12.1. The van der Waals surface area contributed by atoms with E-state index in [1.807, 2.05) is 13.1 Å². The maximum atomic E-state index is 13.7. The summed E-state index contributed by atoms with van der Waals surface area (Å²) >= 11 is 1.36. The molecule has 0 spiro atoms. The van der Waals surface area contributed by atoms with Crippen LogP contribution in [0.3, 0.4) is 0 Å². The number of rotatable bonds is 3. The molecule has 1 atom stereocenters. The lowest BCUT2D eigenvalue weighted by molar-refractivity contribution is 0.585. The molecule has 0 amide bonds. The Bertz CT molecular complexity index is 524. The van der Waals surface area contributed by atoms with Gasteiger partial charge in [0.15, 0.2) is 5.16 Å². The van der Waals surface area contributed by atoms with Crippen molar-refractivity contribution < 1.29 is 4.39 Å². The summed E-state index contributed by atoms with van der Waals surface area (Å²) in [5.74, 6) is -0.285. The van der Waals surface area contributed by atoms with E-state index < -0.39 is 0 Å².